The van der Waals surface area contributed by atoms with E-state index in [1.54, 1.807) is 23.8 Å². The smallest absolute Gasteiger partial charge is 0.261 e. The van der Waals surface area contributed by atoms with Gasteiger partial charge in [0.15, 0.2) is 0 Å². The Hall–Kier alpha value is -4.09. The molecule has 35 heavy (non-hydrogen) atoms. The van der Waals surface area contributed by atoms with Gasteiger partial charge in [0, 0.05) is 16.1 Å². The Labute approximate surface area is 208 Å². The van der Waals surface area contributed by atoms with Gasteiger partial charge in [0.05, 0.1) is 24.6 Å². The first-order valence-electron chi connectivity index (χ1n) is 11.2. The van der Waals surface area contributed by atoms with E-state index in [-0.39, 0.29) is 12.2 Å². The third-order valence-corrected chi connectivity index (χ3v) is 6.01. The summed E-state index contributed by atoms with van der Waals surface area (Å²) in [5, 5.41) is 1.19. The van der Waals surface area contributed by atoms with Crippen molar-refractivity contribution in [3.05, 3.63) is 124 Å². The number of halogens is 1. The molecule has 6 heteroatoms. The van der Waals surface area contributed by atoms with E-state index < -0.39 is 0 Å². The summed E-state index contributed by atoms with van der Waals surface area (Å²) in [6.45, 7) is 0.682. The summed E-state index contributed by atoms with van der Waals surface area (Å²) in [6, 6.07) is 30.3. The Bertz CT molecular complexity index is 1550. The maximum absolute atomic E-state index is 13.5. The van der Waals surface area contributed by atoms with Crippen molar-refractivity contribution in [1.29, 1.82) is 0 Å². The summed E-state index contributed by atoms with van der Waals surface area (Å²) in [6.07, 6.45) is 0. The van der Waals surface area contributed by atoms with Gasteiger partial charge in [0.1, 0.15) is 23.9 Å². The number of benzene rings is 4. The van der Waals surface area contributed by atoms with E-state index in [0.29, 0.717) is 39.8 Å². The lowest BCUT2D eigenvalue weighted by molar-refractivity contribution is 0.297. The highest BCUT2D eigenvalue weighted by atomic mass is 35.5. The molecule has 0 fully saturated rings. The second-order valence-electron chi connectivity index (χ2n) is 8.10. The van der Waals surface area contributed by atoms with Crippen molar-refractivity contribution in [2.24, 2.45) is 0 Å². The van der Waals surface area contributed by atoms with Crippen molar-refractivity contribution >= 4 is 22.5 Å². The molecule has 0 saturated heterocycles. The second-order valence-corrected chi connectivity index (χ2v) is 8.54. The molecule has 5 rings (SSSR count). The summed E-state index contributed by atoms with van der Waals surface area (Å²) in [5.41, 5.74) is 3.23. The molecule has 4 aromatic carbocycles. The Kier molecular flexibility index (Phi) is 6.51. The molecule has 0 aliphatic carbocycles. The maximum Gasteiger partial charge on any atom is 0.261 e. The van der Waals surface area contributed by atoms with Crippen LogP contribution in [0.1, 0.15) is 11.1 Å². The van der Waals surface area contributed by atoms with Crippen molar-refractivity contribution in [3.8, 4) is 22.9 Å². The molecule has 0 aliphatic rings. The van der Waals surface area contributed by atoms with Crippen molar-refractivity contribution < 1.29 is 9.47 Å². The van der Waals surface area contributed by atoms with Crippen LogP contribution in [-0.2, 0) is 13.2 Å². The maximum atomic E-state index is 13.5. The van der Waals surface area contributed by atoms with E-state index in [9.17, 15) is 4.79 Å². The van der Waals surface area contributed by atoms with E-state index in [4.69, 9.17) is 26.1 Å². The Morgan fingerprint density at radius 3 is 2.49 bits per heavy atom. The third-order valence-electron chi connectivity index (χ3n) is 5.77. The predicted octanol–water partition coefficient (Wildman–Crippen LogP) is 6.35. The molecule has 0 N–H and O–H groups in total. The average molecular weight is 483 g/mol. The van der Waals surface area contributed by atoms with Crippen LogP contribution >= 0.6 is 11.6 Å². The topological polar surface area (TPSA) is 53.3 Å². The van der Waals surface area contributed by atoms with Crippen LogP contribution < -0.4 is 15.0 Å². The molecule has 1 aromatic heterocycles. The minimum absolute atomic E-state index is 0.0815. The molecular weight excluding hydrogens is 460 g/mol. The van der Waals surface area contributed by atoms with Crippen LogP contribution in [0.25, 0.3) is 22.3 Å². The van der Waals surface area contributed by atoms with Gasteiger partial charge in [-0.1, -0.05) is 60.1 Å². The number of nitrogens with zero attached hydrogens (tertiary/aromatic N) is 2. The van der Waals surface area contributed by atoms with Crippen LogP contribution in [0.15, 0.2) is 102 Å². The van der Waals surface area contributed by atoms with Crippen molar-refractivity contribution in [2.75, 3.05) is 7.11 Å². The Balaban J connectivity index is 1.60. The highest BCUT2D eigenvalue weighted by Crippen LogP contribution is 2.28. The first kappa shape index (κ1) is 22.7. The molecule has 5 aromatic rings. The number of rotatable bonds is 7. The van der Waals surface area contributed by atoms with Gasteiger partial charge in [0.25, 0.3) is 5.56 Å². The zero-order valence-corrected chi connectivity index (χ0v) is 19.9. The fraction of sp³-hybridized carbons (Fsp3) is 0.103. The zero-order chi connectivity index (χ0) is 24.2. The molecular formula is C29H23ClN2O3. The van der Waals surface area contributed by atoms with Gasteiger partial charge in [0.2, 0.25) is 0 Å². The van der Waals surface area contributed by atoms with Crippen molar-refractivity contribution in [1.82, 2.24) is 9.55 Å². The molecule has 5 nitrogen and oxygen atoms in total. The number of hydrogen-bond donors (Lipinski definition) is 0. The molecule has 174 valence electrons. The summed E-state index contributed by atoms with van der Waals surface area (Å²) < 4.78 is 13.3. The average Bonchev–Trinajstić information content (AvgIpc) is 2.89. The van der Waals surface area contributed by atoms with Crippen LogP contribution in [-0.4, -0.2) is 16.7 Å². The number of aromatic nitrogens is 2. The molecule has 0 unspecified atom stereocenters. The lowest BCUT2D eigenvalue weighted by atomic mass is 10.1. The fourth-order valence-corrected chi connectivity index (χ4v) is 4.23. The molecule has 0 amide bonds. The van der Waals surface area contributed by atoms with Gasteiger partial charge in [-0.2, -0.15) is 0 Å². The van der Waals surface area contributed by atoms with Gasteiger partial charge in [-0.25, -0.2) is 4.98 Å². The molecule has 0 aliphatic heterocycles. The molecule has 0 radical (unpaired) electrons. The number of ether oxygens (including phenoxy) is 2. The van der Waals surface area contributed by atoms with Gasteiger partial charge in [-0.05, 0) is 54.1 Å². The number of fused-ring (bicyclic) bond motifs is 1. The monoisotopic (exact) mass is 482 g/mol. The van der Waals surface area contributed by atoms with Gasteiger partial charge in [-0.15, -0.1) is 0 Å². The molecule has 1 heterocycles. The zero-order valence-electron chi connectivity index (χ0n) is 19.1. The lowest BCUT2D eigenvalue weighted by Gasteiger charge is -2.16. The van der Waals surface area contributed by atoms with Crippen LogP contribution in [0, 0.1) is 0 Å². The van der Waals surface area contributed by atoms with E-state index in [1.165, 1.54) is 0 Å². The van der Waals surface area contributed by atoms with E-state index in [1.807, 2.05) is 84.9 Å². The fourth-order valence-electron chi connectivity index (χ4n) is 4.05. The van der Waals surface area contributed by atoms with Crippen molar-refractivity contribution in [2.45, 2.75) is 13.2 Å². The van der Waals surface area contributed by atoms with Crippen LogP contribution in [0.2, 0.25) is 5.02 Å². The summed E-state index contributed by atoms with van der Waals surface area (Å²) in [5.74, 6) is 1.94. The quantitative estimate of drug-likeness (QED) is 0.271. The standard InChI is InChI=1S/C29H23ClN2O3/c1-34-27-15-14-21(16-22(27)19-35-24-11-7-10-23(30)17-24)28-31-26-13-6-5-12-25(26)29(33)32(28)18-20-8-3-2-4-9-20/h2-17H,18-19H2,1H3. The number of hydrogen-bond acceptors (Lipinski definition) is 4. The summed E-state index contributed by atoms with van der Waals surface area (Å²) in [7, 11) is 1.62. The first-order valence-corrected chi connectivity index (χ1v) is 11.6. The largest absolute Gasteiger partial charge is 0.496 e. The highest BCUT2D eigenvalue weighted by molar-refractivity contribution is 6.30. The number of para-hydroxylation sites is 1. The van der Waals surface area contributed by atoms with Crippen LogP contribution in [0.5, 0.6) is 11.5 Å². The molecule has 0 spiro atoms. The molecule has 0 bridgehead atoms. The minimum Gasteiger partial charge on any atom is -0.496 e. The Morgan fingerprint density at radius 1 is 0.886 bits per heavy atom. The first-order chi connectivity index (χ1) is 17.1. The minimum atomic E-state index is -0.0815. The Morgan fingerprint density at radius 2 is 1.69 bits per heavy atom. The SMILES string of the molecule is COc1ccc(-c2nc3ccccc3c(=O)n2Cc2ccccc2)cc1COc1cccc(Cl)c1. The molecule has 0 saturated carbocycles. The normalized spacial score (nSPS) is 10.9. The van der Waals surface area contributed by atoms with Gasteiger partial charge in [-0.3, -0.25) is 9.36 Å². The second kappa shape index (κ2) is 10.0. The van der Waals surface area contributed by atoms with E-state index in [0.717, 1.165) is 16.7 Å². The third kappa shape index (κ3) is 4.91. The van der Waals surface area contributed by atoms with E-state index in [2.05, 4.69) is 0 Å². The summed E-state index contributed by atoms with van der Waals surface area (Å²) >= 11 is 6.09. The van der Waals surface area contributed by atoms with Crippen molar-refractivity contribution in [3.63, 3.8) is 0 Å². The van der Waals surface area contributed by atoms with Crippen LogP contribution in [0.3, 0.4) is 0 Å². The number of methoxy groups -OCH3 is 1. The predicted molar refractivity (Wildman–Crippen MR) is 139 cm³/mol. The lowest BCUT2D eigenvalue weighted by Crippen LogP contribution is -2.24. The summed E-state index contributed by atoms with van der Waals surface area (Å²) in [4.78, 5) is 18.4. The van der Waals surface area contributed by atoms with Gasteiger partial charge < -0.3 is 9.47 Å². The highest BCUT2D eigenvalue weighted by Gasteiger charge is 2.15. The van der Waals surface area contributed by atoms with E-state index >= 15 is 0 Å². The van der Waals surface area contributed by atoms with Crippen LogP contribution in [0.4, 0.5) is 0 Å². The molecule has 0 atom stereocenters. The van der Waals surface area contributed by atoms with Gasteiger partial charge >= 0.3 is 0 Å².